The van der Waals surface area contributed by atoms with Crippen molar-refractivity contribution >= 4 is 34.2 Å². The van der Waals surface area contributed by atoms with Gasteiger partial charge in [-0.2, -0.15) is 0 Å². The van der Waals surface area contributed by atoms with Gasteiger partial charge in [0.1, 0.15) is 16.9 Å². The number of aromatic nitrogens is 3. The Balaban J connectivity index is 1.74. The Hall–Kier alpha value is -1.81. The van der Waals surface area contributed by atoms with Crippen LogP contribution in [0.25, 0.3) is 0 Å². The lowest BCUT2D eigenvalue weighted by atomic mass is 9.87. The molecule has 4 rings (SSSR count). The van der Waals surface area contributed by atoms with Crippen LogP contribution in [0.1, 0.15) is 24.4 Å². The quantitative estimate of drug-likeness (QED) is 0.859. The van der Waals surface area contributed by atoms with E-state index in [1.54, 1.807) is 5.51 Å². The minimum Gasteiger partial charge on any atom is -0.379 e. The topological polar surface area (TPSA) is 80.3 Å². The van der Waals surface area contributed by atoms with Gasteiger partial charge in [-0.15, -0.1) is 11.3 Å². The molecule has 138 valence electrons. The standard InChI is InChI=1S/C16H18F2N6S2/c1-15(2,18)12-10(17)3-21-14(22-12)24-5-9-6-25-13(19)23-16(9,7-24)11-4-20-8-26-11/h3-4,8-9H,5-7H2,1-2H3,(H2,19,23)/t9-,16?/m0/s1. The Bertz CT molecular complexity index is 851. The van der Waals surface area contributed by atoms with Gasteiger partial charge in [-0.1, -0.05) is 11.8 Å². The van der Waals surface area contributed by atoms with Crippen molar-refractivity contribution in [3.05, 3.63) is 34.3 Å². The average Bonchev–Trinajstić information content (AvgIpc) is 3.22. The van der Waals surface area contributed by atoms with E-state index in [2.05, 4.69) is 15.0 Å². The zero-order valence-electron chi connectivity index (χ0n) is 14.3. The zero-order chi connectivity index (χ0) is 18.5. The molecule has 2 aromatic rings. The number of nitrogens with zero attached hydrogens (tertiary/aromatic N) is 5. The summed E-state index contributed by atoms with van der Waals surface area (Å²) in [5.74, 6) is 0.569. The van der Waals surface area contributed by atoms with E-state index >= 15 is 0 Å². The van der Waals surface area contributed by atoms with Gasteiger partial charge in [0, 0.05) is 24.4 Å². The Morgan fingerprint density at radius 1 is 1.38 bits per heavy atom. The minimum absolute atomic E-state index is 0.190. The summed E-state index contributed by atoms with van der Waals surface area (Å²) in [6, 6.07) is 0. The van der Waals surface area contributed by atoms with Crippen molar-refractivity contribution in [2.24, 2.45) is 16.6 Å². The average molecular weight is 396 g/mol. The maximum Gasteiger partial charge on any atom is 0.225 e. The molecular weight excluding hydrogens is 378 g/mol. The molecule has 26 heavy (non-hydrogen) atoms. The molecule has 6 nitrogen and oxygen atoms in total. The number of nitrogens with two attached hydrogens (primary N) is 1. The molecule has 0 amide bonds. The van der Waals surface area contributed by atoms with E-state index in [1.807, 2.05) is 11.1 Å². The van der Waals surface area contributed by atoms with Crippen molar-refractivity contribution in [1.29, 1.82) is 0 Å². The third-order valence-electron chi connectivity index (χ3n) is 4.73. The van der Waals surface area contributed by atoms with E-state index in [0.717, 1.165) is 16.8 Å². The van der Waals surface area contributed by atoms with Crippen LogP contribution in [0.4, 0.5) is 14.7 Å². The molecule has 0 radical (unpaired) electrons. The van der Waals surface area contributed by atoms with Gasteiger partial charge in [0.15, 0.2) is 11.0 Å². The minimum atomic E-state index is -1.89. The molecule has 4 heterocycles. The van der Waals surface area contributed by atoms with Crippen molar-refractivity contribution in [3.8, 4) is 0 Å². The lowest BCUT2D eigenvalue weighted by Crippen LogP contribution is -2.39. The molecular formula is C16H18F2N6S2. The summed E-state index contributed by atoms with van der Waals surface area (Å²) >= 11 is 3.06. The predicted molar refractivity (Wildman–Crippen MR) is 99.7 cm³/mol. The van der Waals surface area contributed by atoms with Crippen molar-refractivity contribution in [1.82, 2.24) is 15.0 Å². The highest BCUT2D eigenvalue weighted by molar-refractivity contribution is 8.13. The molecule has 10 heteroatoms. The molecule has 2 aliphatic heterocycles. The predicted octanol–water partition coefficient (Wildman–Crippen LogP) is 2.67. The summed E-state index contributed by atoms with van der Waals surface area (Å²) in [4.78, 5) is 20.2. The summed E-state index contributed by atoms with van der Waals surface area (Å²) in [7, 11) is 0. The number of anilines is 1. The lowest BCUT2D eigenvalue weighted by molar-refractivity contribution is 0.205. The summed E-state index contributed by atoms with van der Waals surface area (Å²) in [5.41, 5.74) is 5.15. The first kappa shape index (κ1) is 17.6. The number of amidine groups is 1. The molecule has 2 atom stereocenters. The smallest absolute Gasteiger partial charge is 0.225 e. The first-order valence-corrected chi connectivity index (χ1v) is 10.00. The van der Waals surface area contributed by atoms with Gasteiger partial charge < -0.3 is 10.6 Å². The van der Waals surface area contributed by atoms with Gasteiger partial charge in [-0.05, 0) is 13.8 Å². The fourth-order valence-electron chi connectivity index (χ4n) is 3.48. The Labute approximate surface area is 158 Å². The Kier molecular flexibility index (Phi) is 4.14. The van der Waals surface area contributed by atoms with Gasteiger partial charge >= 0.3 is 0 Å². The number of fused-ring (bicyclic) bond motifs is 1. The largest absolute Gasteiger partial charge is 0.379 e. The molecule has 2 aromatic heterocycles. The monoisotopic (exact) mass is 396 g/mol. The summed E-state index contributed by atoms with van der Waals surface area (Å²) in [6.07, 6.45) is 2.85. The number of hydrogen-bond donors (Lipinski definition) is 1. The van der Waals surface area contributed by atoms with Gasteiger partial charge in [0.2, 0.25) is 5.95 Å². The first-order chi connectivity index (χ1) is 12.3. The van der Waals surface area contributed by atoms with Crippen molar-refractivity contribution in [3.63, 3.8) is 0 Å². The normalized spacial score (nSPS) is 25.9. The number of halogens is 2. The number of rotatable bonds is 3. The van der Waals surface area contributed by atoms with Crippen LogP contribution in [-0.4, -0.2) is 39.0 Å². The summed E-state index contributed by atoms with van der Waals surface area (Å²) in [6.45, 7) is 3.71. The number of thioether (sulfide) groups is 1. The number of alkyl halides is 1. The van der Waals surface area contributed by atoms with E-state index in [4.69, 9.17) is 10.7 Å². The molecule has 2 aliphatic rings. The van der Waals surface area contributed by atoms with Gasteiger partial charge in [0.05, 0.1) is 23.1 Å². The Morgan fingerprint density at radius 3 is 2.88 bits per heavy atom. The van der Waals surface area contributed by atoms with Crippen LogP contribution < -0.4 is 10.6 Å². The van der Waals surface area contributed by atoms with E-state index < -0.39 is 17.0 Å². The second kappa shape index (κ2) is 6.12. The van der Waals surface area contributed by atoms with Crippen LogP contribution in [0.2, 0.25) is 0 Å². The van der Waals surface area contributed by atoms with Crippen LogP contribution in [0.5, 0.6) is 0 Å². The second-order valence-electron chi connectivity index (χ2n) is 6.97. The molecule has 0 bridgehead atoms. The summed E-state index contributed by atoms with van der Waals surface area (Å²) in [5, 5.41) is 0.544. The number of thiazole rings is 1. The molecule has 0 saturated carbocycles. The van der Waals surface area contributed by atoms with Crippen LogP contribution in [-0.2, 0) is 11.2 Å². The third-order valence-corrected chi connectivity index (χ3v) is 6.62. The summed E-state index contributed by atoms with van der Waals surface area (Å²) < 4.78 is 28.3. The van der Waals surface area contributed by atoms with Crippen LogP contribution >= 0.6 is 23.1 Å². The fourth-order valence-corrected chi connectivity index (χ4v) is 5.30. The van der Waals surface area contributed by atoms with E-state index in [1.165, 1.54) is 36.9 Å². The van der Waals surface area contributed by atoms with Crippen LogP contribution in [0, 0.1) is 11.7 Å². The number of aliphatic imine (C=N–C) groups is 1. The van der Waals surface area contributed by atoms with E-state index in [9.17, 15) is 8.78 Å². The third kappa shape index (κ3) is 2.84. The maximum atomic E-state index is 14.3. The SMILES string of the molecule is CC(C)(F)c1nc(N2C[C@H]3CSC(N)=NC3(c3cncs3)C2)ncc1F. The van der Waals surface area contributed by atoms with Crippen molar-refractivity contribution in [2.45, 2.75) is 25.1 Å². The molecule has 2 N–H and O–H groups in total. The fraction of sp³-hybridized carbons (Fsp3) is 0.500. The molecule has 1 saturated heterocycles. The van der Waals surface area contributed by atoms with Crippen LogP contribution in [0.3, 0.4) is 0 Å². The molecule has 0 aliphatic carbocycles. The van der Waals surface area contributed by atoms with E-state index in [0.29, 0.717) is 24.2 Å². The highest BCUT2D eigenvalue weighted by atomic mass is 32.2. The van der Waals surface area contributed by atoms with Gasteiger partial charge in [-0.3, -0.25) is 4.98 Å². The van der Waals surface area contributed by atoms with Crippen molar-refractivity contribution < 1.29 is 8.78 Å². The lowest BCUT2D eigenvalue weighted by Gasteiger charge is -2.32. The molecule has 0 aromatic carbocycles. The molecule has 1 unspecified atom stereocenters. The number of hydrogen-bond acceptors (Lipinski definition) is 8. The van der Waals surface area contributed by atoms with Gasteiger partial charge in [-0.25, -0.2) is 23.7 Å². The maximum absolute atomic E-state index is 14.3. The van der Waals surface area contributed by atoms with E-state index in [-0.39, 0.29) is 11.6 Å². The Morgan fingerprint density at radius 2 is 2.19 bits per heavy atom. The first-order valence-electron chi connectivity index (χ1n) is 8.13. The van der Waals surface area contributed by atoms with Crippen LogP contribution in [0.15, 0.2) is 22.9 Å². The molecule has 1 fully saturated rings. The zero-order valence-corrected chi connectivity index (χ0v) is 15.9. The highest BCUT2D eigenvalue weighted by Gasteiger charge is 2.51. The highest BCUT2D eigenvalue weighted by Crippen LogP contribution is 2.47. The van der Waals surface area contributed by atoms with Gasteiger partial charge in [0.25, 0.3) is 0 Å². The van der Waals surface area contributed by atoms with Crippen molar-refractivity contribution in [2.75, 3.05) is 23.7 Å². The molecule has 0 spiro atoms. The second-order valence-corrected chi connectivity index (χ2v) is 8.89.